The van der Waals surface area contributed by atoms with Gasteiger partial charge in [0, 0.05) is 26.2 Å². The Morgan fingerprint density at radius 2 is 1.89 bits per heavy atom. The highest BCUT2D eigenvalue weighted by molar-refractivity contribution is 7.22. The van der Waals surface area contributed by atoms with Gasteiger partial charge in [0.25, 0.3) is 0 Å². The molecule has 0 radical (unpaired) electrons. The van der Waals surface area contributed by atoms with E-state index in [0.29, 0.717) is 24.0 Å². The number of fused-ring (bicyclic) bond motifs is 1. The van der Waals surface area contributed by atoms with E-state index in [1.54, 1.807) is 12.1 Å². The summed E-state index contributed by atoms with van der Waals surface area (Å²) in [7, 11) is 0. The van der Waals surface area contributed by atoms with E-state index in [4.69, 9.17) is 4.42 Å². The zero-order valence-electron chi connectivity index (χ0n) is 15.7. The molecule has 3 heterocycles. The van der Waals surface area contributed by atoms with Crippen LogP contribution in [0.25, 0.3) is 10.2 Å². The SMILES string of the molecule is Cc1ccc2nc(NC(=O)CN3CCN(CC(=O)c4ccco4)CC3)sc2c1. The third kappa shape index (κ3) is 4.46. The smallest absolute Gasteiger partial charge is 0.240 e. The van der Waals surface area contributed by atoms with Gasteiger partial charge in [-0.1, -0.05) is 17.4 Å². The van der Waals surface area contributed by atoms with Gasteiger partial charge in [0.15, 0.2) is 10.9 Å². The number of furan rings is 1. The molecule has 7 nitrogen and oxygen atoms in total. The second-order valence-electron chi connectivity index (χ2n) is 6.99. The molecule has 0 aliphatic carbocycles. The van der Waals surface area contributed by atoms with E-state index in [-0.39, 0.29) is 11.7 Å². The maximum atomic E-state index is 12.4. The summed E-state index contributed by atoms with van der Waals surface area (Å²) in [5.74, 6) is 0.325. The van der Waals surface area contributed by atoms with Gasteiger partial charge in [-0.2, -0.15) is 0 Å². The Bertz CT molecular complexity index is 975. The molecule has 0 saturated carbocycles. The molecule has 0 unspecified atom stereocenters. The average molecular weight is 398 g/mol. The number of amides is 1. The quantitative estimate of drug-likeness (QED) is 0.643. The first-order valence-corrected chi connectivity index (χ1v) is 10.1. The molecule has 1 fully saturated rings. The number of rotatable bonds is 6. The molecule has 1 aromatic carbocycles. The minimum absolute atomic E-state index is 0.0118. The Balaban J connectivity index is 1.25. The molecule has 1 amide bonds. The van der Waals surface area contributed by atoms with Crippen molar-refractivity contribution in [1.82, 2.24) is 14.8 Å². The normalized spacial score (nSPS) is 15.8. The molecule has 0 spiro atoms. The van der Waals surface area contributed by atoms with Gasteiger partial charge in [0.1, 0.15) is 0 Å². The van der Waals surface area contributed by atoms with E-state index in [1.807, 2.05) is 19.1 Å². The van der Waals surface area contributed by atoms with Gasteiger partial charge in [0.05, 0.1) is 29.6 Å². The average Bonchev–Trinajstić information content (AvgIpc) is 3.32. The van der Waals surface area contributed by atoms with Crippen LogP contribution >= 0.6 is 11.3 Å². The first-order valence-electron chi connectivity index (χ1n) is 9.25. The fourth-order valence-electron chi connectivity index (χ4n) is 3.27. The Labute approximate surface area is 166 Å². The number of nitrogens with zero attached hydrogens (tertiary/aromatic N) is 3. The number of hydrogen-bond donors (Lipinski definition) is 1. The monoisotopic (exact) mass is 398 g/mol. The molecule has 2 aromatic heterocycles. The van der Waals surface area contributed by atoms with Crippen molar-refractivity contribution >= 4 is 38.4 Å². The zero-order chi connectivity index (χ0) is 19.5. The molecule has 3 aromatic rings. The zero-order valence-corrected chi connectivity index (χ0v) is 16.5. The predicted molar refractivity (Wildman–Crippen MR) is 109 cm³/mol. The summed E-state index contributed by atoms with van der Waals surface area (Å²) in [5.41, 5.74) is 2.08. The van der Waals surface area contributed by atoms with Gasteiger partial charge in [0.2, 0.25) is 11.7 Å². The summed E-state index contributed by atoms with van der Waals surface area (Å²) >= 11 is 1.49. The van der Waals surface area contributed by atoms with Crippen LogP contribution in [0.3, 0.4) is 0 Å². The van der Waals surface area contributed by atoms with E-state index in [9.17, 15) is 9.59 Å². The maximum Gasteiger partial charge on any atom is 0.240 e. The number of aromatic nitrogens is 1. The van der Waals surface area contributed by atoms with Crippen LogP contribution < -0.4 is 5.32 Å². The fraction of sp³-hybridized carbons (Fsp3) is 0.350. The molecule has 0 bridgehead atoms. The molecular formula is C20H22N4O3S. The van der Waals surface area contributed by atoms with Gasteiger partial charge in [-0.05, 0) is 36.8 Å². The van der Waals surface area contributed by atoms with Crippen LogP contribution in [-0.4, -0.2) is 65.7 Å². The third-order valence-electron chi connectivity index (χ3n) is 4.79. The Morgan fingerprint density at radius 3 is 2.61 bits per heavy atom. The summed E-state index contributed by atoms with van der Waals surface area (Å²) in [6.07, 6.45) is 1.51. The number of piperazine rings is 1. The summed E-state index contributed by atoms with van der Waals surface area (Å²) in [6.45, 7) is 5.71. The molecular weight excluding hydrogens is 376 g/mol. The number of thiazole rings is 1. The number of aryl methyl sites for hydroxylation is 1. The summed E-state index contributed by atoms with van der Waals surface area (Å²) in [6, 6.07) is 9.47. The van der Waals surface area contributed by atoms with Gasteiger partial charge in [-0.25, -0.2) is 4.98 Å². The summed E-state index contributed by atoms with van der Waals surface area (Å²) in [4.78, 5) is 33.1. The number of nitrogens with one attached hydrogen (secondary N) is 1. The van der Waals surface area contributed by atoms with Crippen LogP contribution in [0.1, 0.15) is 16.1 Å². The fourth-order valence-corrected chi connectivity index (χ4v) is 4.25. The van der Waals surface area contributed by atoms with Crippen LogP contribution in [0.15, 0.2) is 41.0 Å². The van der Waals surface area contributed by atoms with Gasteiger partial charge in [-0.15, -0.1) is 0 Å². The molecule has 1 aliphatic heterocycles. The highest BCUT2D eigenvalue weighted by Gasteiger charge is 2.22. The highest BCUT2D eigenvalue weighted by atomic mass is 32.1. The van der Waals surface area contributed by atoms with Gasteiger partial charge in [-0.3, -0.25) is 19.4 Å². The van der Waals surface area contributed by atoms with Crippen LogP contribution in [0.4, 0.5) is 5.13 Å². The molecule has 1 N–H and O–H groups in total. The second-order valence-corrected chi connectivity index (χ2v) is 8.02. The van der Waals surface area contributed by atoms with E-state index in [0.717, 1.165) is 36.4 Å². The van der Waals surface area contributed by atoms with Crippen molar-refractivity contribution in [3.63, 3.8) is 0 Å². The van der Waals surface area contributed by atoms with Gasteiger partial charge >= 0.3 is 0 Å². The van der Waals surface area contributed by atoms with Crippen molar-refractivity contribution in [3.05, 3.63) is 47.9 Å². The minimum Gasteiger partial charge on any atom is -0.461 e. The van der Waals surface area contributed by atoms with Crippen molar-refractivity contribution in [2.45, 2.75) is 6.92 Å². The summed E-state index contributed by atoms with van der Waals surface area (Å²) < 4.78 is 6.23. The van der Waals surface area contributed by atoms with Crippen molar-refractivity contribution in [2.75, 3.05) is 44.6 Å². The number of anilines is 1. The lowest BCUT2D eigenvalue weighted by Gasteiger charge is -2.33. The largest absolute Gasteiger partial charge is 0.461 e. The first kappa shape index (κ1) is 18.8. The molecule has 8 heteroatoms. The Morgan fingerprint density at radius 1 is 1.14 bits per heavy atom. The number of carbonyl (C=O) groups excluding carboxylic acids is 2. The lowest BCUT2D eigenvalue weighted by atomic mass is 10.2. The highest BCUT2D eigenvalue weighted by Crippen LogP contribution is 2.26. The minimum atomic E-state index is -0.0594. The van der Waals surface area contributed by atoms with Crippen molar-refractivity contribution in [2.24, 2.45) is 0 Å². The van der Waals surface area contributed by atoms with E-state index in [1.165, 1.54) is 23.2 Å². The van der Waals surface area contributed by atoms with Crippen LogP contribution in [0.2, 0.25) is 0 Å². The van der Waals surface area contributed by atoms with Crippen molar-refractivity contribution < 1.29 is 14.0 Å². The molecule has 4 rings (SSSR count). The second kappa shape index (κ2) is 8.22. The number of Topliss-reactive ketones (excluding diaryl/α,β-unsaturated/α-hetero) is 1. The molecule has 0 atom stereocenters. The van der Waals surface area contributed by atoms with Crippen LogP contribution in [-0.2, 0) is 4.79 Å². The van der Waals surface area contributed by atoms with Gasteiger partial charge < -0.3 is 9.73 Å². The summed E-state index contributed by atoms with van der Waals surface area (Å²) in [5, 5.41) is 3.54. The maximum absolute atomic E-state index is 12.4. The number of ketones is 1. The number of carbonyl (C=O) groups is 2. The van der Waals surface area contributed by atoms with Crippen LogP contribution in [0.5, 0.6) is 0 Å². The Hall–Kier alpha value is -2.55. The molecule has 146 valence electrons. The van der Waals surface area contributed by atoms with E-state index >= 15 is 0 Å². The Kier molecular flexibility index (Phi) is 5.52. The number of benzene rings is 1. The molecule has 28 heavy (non-hydrogen) atoms. The van der Waals surface area contributed by atoms with Crippen LogP contribution in [0, 0.1) is 6.92 Å². The van der Waals surface area contributed by atoms with Crippen molar-refractivity contribution in [3.8, 4) is 0 Å². The van der Waals surface area contributed by atoms with E-state index < -0.39 is 0 Å². The molecule has 1 aliphatic rings. The topological polar surface area (TPSA) is 78.7 Å². The number of hydrogen-bond acceptors (Lipinski definition) is 7. The third-order valence-corrected chi connectivity index (χ3v) is 5.72. The lowest BCUT2D eigenvalue weighted by Crippen LogP contribution is -2.49. The lowest BCUT2D eigenvalue weighted by molar-refractivity contribution is -0.117. The first-order chi connectivity index (χ1) is 13.6. The predicted octanol–water partition coefficient (Wildman–Crippen LogP) is 2.64. The van der Waals surface area contributed by atoms with E-state index in [2.05, 4.69) is 26.2 Å². The van der Waals surface area contributed by atoms with Crippen molar-refractivity contribution in [1.29, 1.82) is 0 Å². The molecule has 1 saturated heterocycles. The standard InChI is InChI=1S/C20H22N4O3S/c1-14-4-5-15-18(11-14)28-20(21-15)22-19(26)13-24-8-6-23(7-9-24)12-16(25)17-3-2-10-27-17/h2-5,10-11H,6-9,12-13H2,1H3,(H,21,22,26).